The van der Waals surface area contributed by atoms with E-state index in [9.17, 15) is 9.59 Å². The Morgan fingerprint density at radius 3 is 2.50 bits per heavy atom. The van der Waals surface area contributed by atoms with Crippen molar-refractivity contribution >= 4 is 11.8 Å². The molecule has 0 bridgehead atoms. The van der Waals surface area contributed by atoms with Gasteiger partial charge in [-0.2, -0.15) is 0 Å². The van der Waals surface area contributed by atoms with Crippen LogP contribution >= 0.6 is 0 Å². The van der Waals surface area contributed by atoms with Crippen molar-refractivity contribution in [3.63, 3.8) is 0 Å². The number of benzene rings is 1. The molecule has 154 valence electrons. The zero-order valence-electron chi connectivity index (χ0n) is 17.1. The number of amides is 2. The molecule has 1 atom stereocenters. The molecule has 1 saturated carbocycles. The molecule has 1 N–H and O–H groups in total. The molecule has 5 nitrogen and oxygen atoms in total. The number of hydrogen-bond acceptors (Lipinski definition) is 3. The highest BCUT2D eigenvalue weighted by Crippen LogP contribution is 2.22. The van der Waals surface area contributed by atoms with Gasteiger partial charge in [-0.15, -0.1) is 0 Å². The van der Waals surface area contributed by atoms with Gasteiger partial charge in [-0.25, -0.2) is 0 Å². The van der Waals surface area contributed by atoms with E-state index in [4.69, 9.17) is 4.74 Å². The van der Waals surface area contributed by atoms with Crippen LogP contribution in [0, 0.1) is 0 Å². The van der Waals surface area contributed by atoms with Crippen LogP contribution in [-0.4, -0.2) is 42.5 Å². The van der Waals surface area contributed by atoms with Crippen LogP contribution in [0.3, 0.4) is 0 Å². The van der Waals surface area contributed by atoms with Crippen LogP contribution in [0.2, 0.25) is 0 Å². The molecule has 0 radical (unpaired) electrons. The molecule has 1 aromatic carbocycles. The fourth-order valence-corrected chi connectivity index (χ4v) is 4.42. The highest BCUT2D eigenvalue weighted by molar-refractivity contribution is 5.88. The average Bonchev–Trinajstić information content (AvgIpc) is 3.22. The molecule has 1 aromatic rings. The number of hydrogen-bond donors (Lipinski definition) is 1. The third-order valence-electron chi connectivity index (χ3n) is 6.09. The third kappa shape index (κ3) is 5.73. The zero-order valence-corrected chi connectivity index (χ0v) is 17.1. The molecule has 0 unspecified atom stereocenters. The number of carbonyl (C=O) groups is 2. The molecule has 2 fully saturated rings. The Balaban J connectivity index is 1.40. The topological polar surface area (TPSA) is 58.6 Å². The van der Waals surface area contributed by atoms with E-state index in [1.807, 2.05) is 17.0 Å². The summed E-state index contributed by atoms with van der Waals surface area (Å²) in [6, 6.07) is 8.15. The van der Waals surface area contributed by atoms with Gasteiger partial charge in [0.25, 0.3) is 0 Å². The summed E-state index contributed by atoms with van der Waals surface area (Å²) in [7, 11) is 1.67. The minimum Gasteiger partial charge on any atom is -0.497 e. The summed E-state index contributed by atoms with van der Waals surface area (Å²) in [5.74, 6) is 1.07. The van der Waals surface area contributed by atoms with Crippen molar-refractivity contribution in [2.75, 3.05) is 13.7 Å². The maximum atomic E-state index is 12.7. The summed E-state index contributed by atoms with van der Waals surface area (Å²) >= 11 is 0. The zero-order chi connectivity index (χ0) is 19.8. The van der Waals surface area contributed by atoms with Gasteiger partial charge in [-0.05, 0) is 62.6 Å². The van der Waals surface area contributed by atoms with Crippen LogP contribution in [0.4, 0.5) is 0 Å². The van der Waals surface area contributed by atoms with Crippen LogP contribution in [0.1, 0.15) is 69.8 Å². The van der Waals surface area contributed by atoms with Crippen molar-refractivity contribution in [2.24, 2.45) is 0 Å². The van der Waals surface area contributed by atoms with Gasteiger partial charge in [0.1, 0.15) is 11.8 Å². The van der Waals surface area contributed by atoms with Gasteiger partial charge < -0.3 is 15.0 Å². The summed E-state index contributed by atoms with van der Waals surface area (Å²) in [4.78, 5) is 27.2. The van der Waals surface area contributed by atoms with Gasteiger partial charge in [-0.1, -0.05) is 31.4 Å². The summed E-state index contributed by atoms with van der Waals surface area (Å²) in [5, 5.41) is 3.20. The predicted molar refractivity (Wildman–Crippen MR) is 110 cm³/mol. The van der Waals surface area contributed by atoms with Crippen LogP contribution in [-0.2, 0) is 16.0 Å². The summed E-state index contributed by atoms with van der Waals surface area (Å²) in [5.41, 5.74) is 1.26. The van der Waals surface area contributed by atoms with E-state index in [2.05, 4.69) is 17.4 Å². The Labute approximate surface area is 168 Å². The third-order valence-corrected chi connectivity index (χ3v) is 6.09. The highest BCUT2D eigenvalue weighted by Gasteiger charge is 2.34. The first-order valence-electron chi connectivity index (χ1n) is 10.9. The van der Waals surface area contributed by atoms with Crippen molar-refractivity contribution in [3.05, 3.63) is 29.8 Å². The van der Waals surface area contributed by atoms with Gasteiger partial charge in [0, 0.05) is 19.0 Å². The standard InChI is InChI=1S/C23H34N2O3/c1-28-20-15-13-18(14-16-20)8-5-6-12-22(26)25-17-7-11-21(25)23(27)24-19-9-3-2-4-10-19/h13-16,19,21H,2-12,17H2,1H3,(H,24,27)/t21-/m0/s1. The molecule has 1 heterocycles. The van der Waals surface area contributed by atoms with E-state index in [0.29, 0.717) is 12.5 Å². The monoisotopic (exact) mass is 386 g/mol. The summed E-state index contributed by atoms with van der Waals surface area (Å²) < 4.78 is 5.18. The van der Waals surface area contributed by atoms with E-state index in [0.717, 1.165) is 57.2 Å². The predicted octanol–water partition coefficient (Wildman–Crippen LogP) is 3.85. The van der Waals surface area contributed by atoms with E-state index in [-0.39, 0.29) is 17.9 Å². The molecular formula is C23H34N2O3. The lowest BCUT2D eigenvalue weighted by Crippen LogP contribution is -2.49. The van der Waals surface area contributed by atoms with Gasteiger partial charge in [0.05, 0.1) is 7.11 Å². The molecule has 3 rings (SSSR count). The molecular weight excluding hydrogens is 352 g/mol. The lowest BCUT2D eigenvalue weighted by molar-refractivity contribution is -0.138. The SMILES string of the molecule is COc1ccc(CCCCC(=O)N2CCC[C@H]2C(=O)NC2CCCCC2)cc1. The number of methoxy groups -OCH3 is 1. The molecule has 5 heteroatoms. The van der Waals surface area contributed by atoms with Crippen LogP contribution in [0.25, 0.3) is 0 Å². The number of ether oxygens (including phenoxy) is 1. The second-order valence-corrected chi connectivity index (χ2v) is 8.14. The van der Waals surface area contributed by atoms with Crippen LogP contribution in [0.15, 0.2) is 24.3 Å². The van der Waals surface area contributed by atoms with E-state index in [1.54, 1.807) is 7.11 Å². The number of carbonyl (C=O) groups excluding carboxylic acids is 2. The Hall–Kier alpha value is -2.04. The van der Waals surface area contributed by atoms with E-state index >= 15 is 0 Å². The number of likely N-dealkylation sites (tertiary alicyclic amines) is 1. The van der Waals surface area contributed by atoms with Crippen LogP contribution < -0.4 is 10.1 Å². The fraction of sp³-hybridized carbons (Fsp3) is 0.652. The van der Waals surface area contributed by atoms with Gasteiger partial charge >= 0.3 is 0 Å². The van der Waals surface area contributed by atoms with Gasteiger partial charge in [-0.3, -0.25) is 9.59 Å². The largest absolute Gasteiger partial charge is 0.497 e. The van der Waals surface area contributed by atoms with Crippen LogP contribution in [0.5, 0.6) is 5.75 Å². The molecule has 1 aliphatic carbocycles. The summed E-state index contributed by atoms with van der Waals surface area (Å²) in [6.07, 6.45) is 10.9. The van der Waals surface area contributed by atoms with Crippen molar-refractivity contribution in [1.82, 2.24) is 10.2 Å². The number of nitrogens with one attached hydrogen (secondary N) is 1. The minimum absolute atomic E-state index is 0.0657. The molecule has 2 amide bonds. The first-order chi connectivity index (χ1) is 13.7. The maximum Gasteiger partial charge on any atom is 0.243 e. The Kier molecular flexibility index (Phi) is 7.75. The molecule has 2 aliphatic rings. The maximum absolute atomic E-state index is 12.7. The molecule has 28 heavy (non-hydrogen) atoms. The van der Waals surface area contributed by atoms with Gasteiger partial charge in [0.2, 0.25) is 11.8 Å². The van der Waals surface area contributed by atoms with Crippen molar-refractivity contribution in [3.8, 4) is 5.75 Å². The Bertz CT molecular complexity index is 638. The Morgan fingerprint density at radius 1 is 1.04 bits per heavy atom. The number of rotatable bonds is 8. The van der Waals surface area contributed by atoms with Gasteiger partial charge in [0.15, 0.2) is 0 Å². The average molecular weight is 387 g/mol. The number of unbranched alkanes of at least 4 members (excludes halogenated alkanes) is 1. The minimum atomic E-state index is -0.254. The lowest BCUT2D eigenvalue weighted by Gasteiger charge is -2.28. The first-order valence-corrected chi connectivity index (χ1v) is 10.9. The second-order valence-electron chi connectivity index (χ2n) is 8.14. The van der Waals surface area contributed by atoms with Crippen molar-refractivity contribution in [1.29, 1.82) is 0 Å². The summed E-state index contributed by atoms with van der Waals surface area (Å²) in [6.45, 7) is 0.722. The number of nitrogens with zero attached hydrogens (tertiary/aromatic N) is 1. The van der Waals surface area contributed by atoms with Crippen molar-refractivity contribution in [2.45, 2.75) is 82.7 Å². The molecule has 1 saturated heterocycles. The van der Waals surface area contributed by atoms with E-state index < -0.39 is 0 Å². The normalized spacial score (nSPS) is 20.2. The quantitative estimate of drug-likeness (QED) is 0.691. The molecule has 1 aliphatic heterocycles. The Morgan fingerprint density at radius 2 is 1.79 bits per heavy atom. The fourth-order valence-electron chi connectivity index (χ4n) is 4.42. The van der Waals surface area contributed by atoms with Crippen molar-refractivity contribution < 1.29 is 14.3 Å². The molecule has 0 aromatic heterocycles. The second kappa shape index (κ2) is 10.5. The smallest absolute Gasteiger partial charge is 0.243 e. The number of aryl methyl sites for hydroxylation is 1. The lowest BCUT2D eigenvalue weighted by atomic mass is 9.95. The van der Waals surface area contributed by atoms with E-state index in [1.165, 1.54) is 24.8 Å². The molecule has 0 spiro atoms. The first kappa shape index (κ1) is 20.7. The highest BCUT2D eigenvalue weighted by atomic mass is 16.5.